The fraction of sp³-hybridized carbons (Fsp3) is 0.0667. The fourth-order valence-corrected chi connectivity index (χ4v) is 3.78. The summed E-state index contributed by atoms with van der Waals surface area (Å²) in [5.41, 5.74) is 2.55. The molecule has 8 nitrogen and oxygen atoms in total. The topological polar surface area (TPSA) is 114 Å². The summed E-state index contributed by atoms with van der Waals surface area (Å²) in [6.07, 6.45) is 1.42. The number of anilines is 1. The van der Waals surface area contributed by atoms with Gasteiger partial charge in [-0.2, -0.15) is 5.26 Å². The van der Waals surface area contributed by atoms with Gasteiger partial charge in [0.2, 0.25) is 0 Å². The Bertz CT molecular complexity index is 1550. The second kappa shape index (κ2) is 12.9. The Hall–Kier alpha value is -5.13. The fourth-order valence-electron chi connectivity index (χ4n) is 3.53. The van der Waals surface area contributed by atoms with Crippen LogP contribution in [0.2, 0.25) is 5.02 Å². The van der Waals surface area contributed by atoms with E-state index in [4.69, 9.17) is 21.1 Å². The molecule has 0 saturated carbocycles. The summed E-state index contributed by atoms with van der Waals surface area (Å²) in [6.45, 7) is 0.507. The maximum absolute atomic E-state index is 12.7. The third kappa shape index (κ3) is 7.68. The molecule has 0 saturated heterocycles. The van der Waals surface area contributed by atoms with Gasteiger partial charge in [0.25, 0.3) is 11.6 Å². The van der Waals surface area contributed by atoms with Gasteiger partial charge >= 0.3 is 0 Å². The van der Waals surface area contributed by atoms with Crippen LogP contribution in [-0.2, 0) is 18.0 Å². The van der Waals surface area contributed by atoms with Crippen LogP contribution in [0, 0.1) is 21.4 Å². The normalized spacial score (nSPS) is 10.8. The summed E-state index contributed by atoms with van der Waals surface area (Å²) in [5, 5.41) is 23.5. The van der Waals surface area contributed by atoms with Gasteiger partial charge < -0.3 is 14.8 Å². The van der Waals surface area contributed by atoms with Gasteiger partial charge in [0.1, 0.15) is 36.4 Å². The summed E-state index contributed by atoms with van der Waals surface area (Å²) in [4.78, 5) is 23.2. The molecule has 0 bridgehead atoms. The van der Waals surface area contributed by atoms with Gasteiger partial charge in [-0.15, -0.1) is 0 Å². The molecule has 0 aromatic heterocycles. The van der Waals surface area contributed by atoms with Crippen LogP contribution in [0.15, 0.2) is 103 Å². The summed E-state index contributed by atoms with van der Waals surface area (Å²) in [5.74, 6) is 0.436. The van der Waals surface area contributed by atoms with Gasteiger partial charge in [-0.05, 0) is 59.2 Å². The molecule has 1 N–H and O–H groups in total. The van der Waals surface area contributed by atoms with E-state index in [9.17, 15) is 20.2 Å². The Labute approximate surface area is 229 Å². The van der Waals surface area contributed by atoms with Crippen molar-refractivity contribution in [2.75, 3.05) is 5.32 Å². The van der Waals surface area contributed by atoms with E-state index in [1.54, 1.807) is 54.6 Å². The van der Waals surface area contributed by atoms with E-state index < -0.39 is 10.8 Å². The molecule has 0 radical (unpaired) electrons. The molecule has 39 heavy (non-hydrogen) atoms. The predicted molar refractivity (Wildman–Crippen MR) is 148 cm³/mol. The lowest BCUT2D eigenvalue weighted by Crippen LogP contribution is -2.13. The summed E-state index contributed by atoms with van der Waals surface area (Å²) in [7, 11) is 0. The SMILES string of the molecule is N#C/C(=C\c1ccc(OCc2cccc([N+](=O)[O-])c2)c(Cl)c1)C(=O)Nc1ccc(OCc2ccccc2)cc1. The van der Waals surface area contributed by atoms with Crippen LogP contribution in [0.5, 0.6) is 11.5 Å². The molecular weight excluding hydrogens is 518 g/mol. The molecule has 0 aliphatic carbocycles. The van der Waals surface area contributed by atoms with Crippen LogP contribution in [0.3, 0.4) is 0 Å². The van der Waals surface area contributed by atoms with Crippen LogP contribution < -0.4 is 14.8 Å². The maximum atomic E-state index is 12.7. The Morgan fingerprint density at radius 2 is 1.64 bits per heavy atom. The number of non-ortho nitro benzene ring substituents is 1. The highest BCUT2D eigenvalue weighted by Crippen LogP contribution is 2.28. The van der Waals surface area contributed by atoms with Crippen LogP contribution in [0.4, 0.5) is 11.4 Å². The van der Waals surface area contributed by atoms with Crippen molar-refractivity contribution in [3.63, 3.8) is 0 Å². The number of halogens is 1. The van der Waals surface area contributed by atoms with E-state index in [0.717, 1.165) is 5.56 Å². The standard InChI is InChI=1S/C30H22ClN3O5/c31-28-17-22(9-14-29(28)39-20-23-7-4-8-26(16-23)34(36)37)15-24(18-32)30(35)33-25-10-12-27(13-11-25)38-19-21-5-2-1-3-6-21/h1-17H,19-20H2,(H,33,35)/b24-15+. The maximum Gasteiger partial charge on any atom is 0.269 e. The molecule has 4 aromatic rings. The lowest BCUT2D eigenvalue weighted by Gasteiger charge is -2.09. The third-order valence-electron chi connectivity index (χ3n) is 5.51. The van der Waals surface area contributed by atoms with Crippen molar-refractivity contribution in [3.05, 3.63) is 134 Å². The van der Waals surface area contributed by atoms with Crippen LogP contribution in [0.25, 0.3) is 6.08 Å². The Kier molecular flexibility index (Phi) is 8.91. The monoisotopic (exact) mass is 539 g/mol. The minimum absolute atomic E-state index is 0.0303. The quantitative estimate of drug-likeness (QED) is 0.101. The molecule has 0 heterocycles. The number of nitrogens with zero attached hydrogens (tertiary/aromatic N) is 2. The molecule has 4 rings (SSSR count). The number of carbonyl (C=O) groups is 1. The first-order valence-corrected chi connectivity index (χ1v) is 12.1. The predicted octanol–water partition coefficient (Wildman–Crippen LogP) is 6.95. The molecule has 4 aromatic carbocycles. The number of nitriles is 1. The molecule has 0 aliphatic rings. The molecule has 194 valence electrons. The van der Waals surface area contributed by atoms with Crippen molar-refractivity contribution < 1.29 is 19.2 Å². The van der Waals surface area contributed by atoms with Gasteiger partial charge in [-0.25, -0.2) is 0 Å². The van der Waals surface area contributed by atoms with E-state index in [0.29, 0.717) is 34.9 Å². The number of rotatable bonds is 10. The first-order chi connectivity index (χ1) is 18.9. The number of ether oxygens (including phenoxy) is 2. The second-order valence-electron chi connectivity index (χ2n) is 8.33. The molecule has 0 aliphatic heterocycles. The minimum atomic E-state index is -0.572. The highest BCUT2D eigenvalue weighted by Gasteiger charge is 2.12. The van der Waals surface area contributed by atoms with E-state index >= 15 is 0 Å². The number of benzene rings is 4. The van der Waals surface area contributed by atoms with Gasteiger partial charge in [-0.3, -0.25) is 14.9 Å². The van der Waals surface area contributed by atoms with Crippen molar-refractivity contribution in [2.45, 2.75) is 13.2 Å². The zero-order valence-corrected chi connectivity index (χ0v) is 21.3. The second-order valence-corrected chi connectivity index (χ2v) is 8.74. The number of hydrogen-bond acceptors (Lipinski definition) is 6. The average Bonchev–Trinajstić information content (AvgIpc) is 2.95. The zero-order valence-electron chi connectivity index (χ0n) is 20.5. The number of nitro benzene ring substituents is 1. The average molecular weight is 540 g/mol. The first-order valence-electron chi connectivity index (χ1n) is 11.8. The van der Waals surface area contributed by atoms with Gasteiger partial charge in [-0.1, -0.05) is 60.1 Å². The van der Waals surface area contributed by atoms with E-state index in [1.807, 2.05) is 36.4 Å². The molecule has 0 fully saturated rings. The van der Waals surface area contributed by atoms with Crippen LogP contribution >= 0.6 is 11.6 Å². The summed E-state index contributed by atoms with van der Waals surface area (Å²) >= 11 is 6.34. The molecule has 0 unspecified atom stereocenters. The third-order valence-corrected chi connectivity index (χ3v) is 5.80. The lowest BCUT2D eigenvalue weighted by molar-refractivity contribution is -0.384. The largest absolute Gasteiger partial charge is 0.489 e. The number of nitro groups is 1. The molecule has 0 spiro atoms. The van der Waals surface area contributed by atoms with Crippen molar-refractivity contribution in [3.8, 4) is 17.6 Å². The molecule has 0 atom stereocenters. The number of nitrogens with one attached hydrogen (secondary N) is 1. The number of hydrogen-bond donors (Lipinski definition) is 1. The van der Waals surface area contributed by atoms with E-state index in [1.165, 1.54) is 18.2 Å². The van der Waals surface area contributed by atoms with Gasteiger partial charge in [0, 0.05) is 17.8 Å². The minimum Gasteiger partial charge on any atom is -0.489 e. The van der Waals surface area contributed by atoms with Gasteiger partial charge in [0.05, 0.1) is 9.95 Å². The van der Waals surface area contributed by atoms with Crippen LogP contribution in [-0.4, -0.2) is 10.8 Å². The van der Waals surface area contributed by atoms with Crippen molar-refractivity contribution in [1.29, 1.82) is 5.26 Å². The zero-order chi connectivity index (χ0) is 27.6. The molecular formula is C30H22ClN3O5. The highest BCUT2D eigenvalue weighted by atomic mass is 35.5. The molecule has 1 amide bonds. The smallest absolute Gasteiger partial charge is 0.269 e. The Morgan fingerprint density at radius 1 is 0.923 bits per heavy atom. The van der Waals surface area contributed by atoms with E-state index in [-0.39, 0.29) is 22.9 Å². The Morgan fingerprint density at radius 3 is 2.33 bits per heavy atom. The highest BCUT2D eigenvalue weighted by molar-refractivity contribution is 6.32. The van der Waals surface area contributed by atoms with Crippen LogP contribution in [0.1, 0.15) is 16.7 Å². The van der Waals surface area contributed by atoms with Crippen molar-refractivity contribution in [1.82, 2.24) is 0 Å². The first kappa shape index (κ1) is 26.9. The van der Waals surface area contributed by atoms with E-state index in [2.05, 4.69) is 5.32 Å². The molecule has 9 heteroatoms. The summed E-state index contributed by atoms with van der Waals surface area (Å²) < 4.78 is 11.4. The lowest BCUT2D eigenvalue weighted by atomic mass is 10.1. The number of carbonyl (C=O) groups excluding carboxylic acids is 1. The summed E-state index contributed by atoms with van der Waals surface area (Å²) in [6, 6.07) is 29.5. The van der Waals surface area contributed by atoms with Crippen molar-refractivity contribution >= 4 is 35.0 Å². The van der Waals surface area contributed by atoms with Crippen molar-refractivity contribution in [2.24, 2.45) is 0 Å². The Balaban J connectivity index is 1.36. The van der Waals surface area contributed by atoms with Gasteiger partial charge in [0.15, 0.2) is 0 Å². The number of amides is 1.